The molecule has 4 nitrogen and oxygen atoms in total. The van der Waals surface area contributed by atoms with Crippen molar-refractivity contribution in [2.45, 2.75) is 38.7 Å². The number of benzene rings is 1. The molecule has 1 unspecified atom stereocenters. The Bertz CT molecular complexity index is 708. The van der Waals surface area contributed by atoms with Crippen molar-refractivity contribution in [1.29, 1.82) is 0 Å². The van der Waals surface area contributed by atoms with Crippen molar-refractivity contribution in [2.75, 3.05) is 0 Å². The Morgan fingerprint density at radius 3 is 2.90 bits per heavy atom. The third-order valence-electron chi connectivity index (χ3n) is 3.81. The number of hydrogen-bond donors (Lipinski definition) is 0. The van der Waals surface area contributed by atoms with E-state index in [-0.39, 0.29) is 5.78 Å². The molecule has 21 heavy (non-hydrogen) atoms. The van der Waals surface area contributed by atoms with Gasteiger partial charge in [0.25, 0.3) is 0 Å². The standard InChI is InChI=1S/C17H17NO3/c1-11-10-13(12-6-2-3-7-14(12)18-11)17(20)21-16-9-5-4-8-15(16)19/h2-3,6-7,10,16H,4-5,8-9H2,1H3. The number of hydrogen-bond acceptors (Lipinski definition) is 4. The van der Waals surface area contributed by atoms with Crippen molar-refractivity contribution < 1.29 is 14.3 Å². The Balaban J connectivity index is 1.92. The number of aryl methyl sites for hydroxylation is 1. The third kappa shape index (κ3) is 2.79. The average Bonchev–Trinajstić information content (AvgIpc) is 2.48. The second-order valence-electron chi connectivity index (χ2n) is 5.43. The SMILES string of the molecule is Cc1cc(C(=O)OC2CCCCC2=O)c2ccccc2n1. The van der Waals surface area contributed by atoms with E-state index in [2.05, 4.69) is 4.98 Å². The summed E-state index contributed by atoms with van der Waals surface area (Å²) in [5.41, 5.74) is 2.01. The molecule has 108 valence electrons. The third-order valence-corrected chi connectivity index (χ3v) is 3.81. The van der Waals surface area contributed by atoms with Crippen LogP contribution in [-0.4, -0.2) is 22.8 Å². The molecule has 0 amide bonds. The number of para-hydroxylation sites is 1. The number of carbonyl (C=O) groups is 2. The van der Waals surface area contributed by atoms with Crippen LogP contribution in [0.5, 0.6) is 0 Å². The van der Waals surface area contributed by atoms with Gasteiger partial charge < -0.3 is 4.74 Å². The number of pyridine rings is 1. The predicted octanol–water partition coefficient (Wildman–Crippen LogP) is 3.21. The number of fused-ring (bicyclic) bond motifs is 1. The molecule has 2 aromatic rings. The number of carbonyl (C=O) groups excluding carboxylic acids is 2. The number of Topliss-reactive ketones (excluding diaryl/α,β-unsaturated/α-hetero) is 1. The van der Waals surface area contributed by atoms with Gasteiger partial charge >= 0.3 is 5.97 Å². The smallest absolute Gasteiger partial charge is 0.339 e. The van der Waals surface area contributed by atoms with Gasteiger partial charge in [-0.15, -0.1) is 0 Å². The summed E-state index contributed by atoms with van der Waals surface area (Å²) in [5.74, 6) is -0.401. The van der Waals surface area contributed by atoms with Gasteiger partial charge in [0.1, 0.15) is 0 Å². The molecule has 1 atom stereocenters. The summed E-state index contributed by atoms with van der Waals surface area (Å²) in [4.78, 5) is 28.6. The maximum Gasteiger partial charge on any atom is 0.339 e. The molecule has 0 saturated heterocycles. The van der Waals surface area contributed by atoms with Crippen LogP contribution < -0.4 is 0 Å². The van der Waals surface area contributed by atoms with Crippen molar-refractivity contribution in [3.8, 4) is 0 Å². The summed E-state index contributed by atoms with van der Waals surface area (Å²) in [6.45, 7) is 1.84. The van der Waals surface area contributed by atoms with E-state index in [1.54, 1.807) is 6.07 Å². The lowest BCUT2D eigenvalue weighted by molar-refractivity contribution is -0.129. The molecular formula is C17H17NO3. The molecule has 0 aliphatic heterocycles. The van der Waals surface area contributed by atoms with Crippen LogP contribution in [0.25, 0.3) is 10.9 Å². The molecule has 0 bridgehead atoms. The first kappa shape index (κ1) is 13.7. The van der Waals surface area contributed by atoms with Crippen LogP contribution in [0, 0.1) is 6.92 Å². The van der Waals surface area contributed by atoms with Gasteiger partial charge in [-0.2, -0.15) is 0 Å². The van der Waals surface area contributed by atoms with Gasteiger partial charge in [0.2, 0.25) is 0 Å². The quantitative estimate of drug-likeness (QED) is 0.794. The fraction of sp³-hybridized carbons (Fsp3) is 0.353. The highest BCUT2D eigenvalue weighted by molar-refractivity contribution is 6.04. The van der Waals surface area contributed by atoms with E-state index in [1.807, 2.05) is 31.2 Å². The lowest BCUT2D eigenvalue weighted by atomic mass is 9.96. The zero-order valence-corrected chi connectivity index (χ0v) is 12.0. The van der Waals surface area contributed by atoms with Crippen molar-refractivity contribution in [3.63, 3.8) is 0 Å². The van der Waals surface area contributed by atoms with Crippen LogP contribution in [0.1, 0.15) is 41.7 Å². The average molecular weight is 283 g/mol. The van der Waals surface area contributed by atoms with Crippen molar-refractivity contribution in [2.24, 2.45) is 0 Å². The predicted molar refractivity (Wildman–Crippen MR) is 79.2 cm³/mol. The molecule has 1 aliphatic carbocycles. The number of aromatic nitrogens is 1. The fourth-order valence-electron chi connectivity index (χ4n) is 2.74. The summed E-state index contributed by atoms with van der Waals surface area (Å²) in [7, 11) is 0. The first-order chi connectivity index (χ1) is 10.1. The van der Waals surface area contributed by atoms with Gasteiger partial charge in [-0.3, -0.25) is 9.78 Å². The normalized spacial score (nSPS) is 18.7. The van der Waals surface area contributed by atoms with Crippen LogP contribution >= 0.6 is 0 Å². The number of ether oxygens (including phenoxy) is 1. The molecule has 0 spiro atoms. The minimum atomic E-state index is -0.585. The van der Waals surface area contributed by atoms with E-state index >= 15 is 0 Å². The molecule has 0 radical (unpaired) electrons. The van der Waals surface area contributed by atoms with Crippen LogP contribution in [0.15, 0.2) is 30.3 Å². The zero-order chi connectivity index (χ0) is 14.8. The topological polar surface area (TPSA) is 56.3 Å². The summed E-state index contributed by atoms with van der Waals surface area (Å²) < 4.78 is 5.44. The number of ketones is 1. The van der Waals surface area contributed by atoms with E-state index in [9.17, 15) is 9.59 Å². The van der Waals surface area contributed by atoms with Crippen LogP contribution in [0.3, 0.4) is 0 Å². The first-order valence-electron chi connectivity index (χ1n) is 7.25. The Kier molecular flexibility index (Phi) is 3.69. The summed E-state index contributed by atoms with van der Waals surface area (Å²) in [6.07, 6.45) is 2.38. The van der Waals surface area contributed by atoms with E-state index in [0.29, 0.717) is 18.4 Å². The van der Waals surface area contributed by atoms with Gasteiger partial charge in [-0.1, -0.05) is 18.2 Å². The van der Waals surface area contributed by atoms with Gasteiger partial charge in [-0.25, -0.2) is 4.79 Å². The maximum absolute atomic E-state index is 12.4. The number of rotatable bonds is 2. The lowest BCUT2D eigenvalue weighted by Gasteiger charge is -2.21. The van der Waals surface area contributed by atoms with Crippen molar-refractivity contribution >= 4 is 22.7 Å². The minimum absolute atomic E-state index is 0.0321. The van der Waals surface area contributed by atoms with E-state index in [1.165, 1.54) is 0 Å². The van der Waals surface area contributed by atoms with Crippen LogP contribution in [0.4, 0.5) is 0 Å². The minimum Gasteiger partial charge on any atom is -0.451 e. The number of nitrogens with zero attached hydrogens (tertiary/aromatic N) is 1. The maximum atomic E-state index is 12.4. The van der Waals surface area contributed by atoms with Crippen molar-refractivity contribution in [1.82, 2.24) is 4.98 Å². The van der Waals surface area contributed by atoms with E-state index < -0.39 is 12.1 Å². The summed E-state index contributed by atoms with van der Waals surface area (Å²) >= 11 is 0. The van der Waals surface area contributed by atoms with E-state index in [4.69, 9.17) is 4.74 Å². The van der Waals surface area contributed by atoms with E-state index in [0.717, 1.165) is 29.4 Å². The number of esters is 1. The largest absolute Gasteiger partial charge is 0.451 e. The Morgan fingerprint density at radius 1 is 1.29 bits per heavy atom. The Hall–Kier alpha value is -2.23. The van der Waals surface area contributed by atoms with Gasteiger partial charge in [0.15, 0.2) is 11.9 Å². The highest BCUT2D eigenvalue weighted by atomic mass is 16.5. The second-order valence-corrected chi connectivity index (χ2v) is 5.43. The lowest BCUT2D eigenvalue weighted by Crippen LogP contribution is -2.30. The van der Waals surface area contributed by atoms with Gasteiger partial charge in [-0.05, 0) is 38.3 Å². The Morgan fingerprint density at radius 2 is 2.10 bits per heavy atom. The van der Waals surface area contributed by atoms with Gasteiger partial charge in [0, 0.05) is 17.5 Å². The van der Waals surface area contributed by atoms with Gasteiger partial charge in [0.05, 0.1) is 11.1 Å². The molecule has 0 N–H and O–H groups in total. The zero-order valence-electron chi connectivity index (χ0n) is 12.0. The highest BCUT2D eigenvalue weighted by Gasteiger charge is 2.27. The second kappa shape index (κ2) is 5.64. The fourth-order valence-corrected chi connectivity index (χ4v) is 2.74. The molecule has 1 saturated carbocycles. The summed E-state index contributed by atoms with van der Waals surface area (Å²) in [6, 6.07) is 9.18. The molecule has 1 fully saturated rings. The molecule has 1 heterocycles. The molecule has 3 rings (SSSR count). The molecule has 4 heteroatoms. The molecule has 1 aliphatic rings. The summed E-state index contributed by atoms with van der Waals surface area (Å²) in [5, 5.41) is 0.761. The monoisotopic (exact) mass is 283 g/mol. The molecule has 1 aromatic carbocycles. The van der Waals surface area contributed by atoms with Crippen molar-refractivity contribution in [3.05, 3.63) is 41.6 Å². The first-order valence-corrected chi connectivity index (χ1v) is 7.25. The van der Waals surface area contributed by atoms with Crippen LogP contribution in [0.2, 0.25) is 0 Å². The Labute approximate surface area is 123 Å². The van der Waals surface area contributed by atoms with Crippen LogP contribution in [-0.2, 0) is 9.53 Å². The molecular weight excluding hydrogens is 266 g/mol. The highest BCUT2D eigenvalue weighted by Crippen LogP contribution is 2.22. The molecule has 1 aromatic heterocycles.